The topological polar surface area (TPSA) is 72.2 Å². The quantitative estimate of drug-likeness (QED) is 0.812. The fraction of sp³-hybridized carbons (Fsp3) is 0.333. The zero-order valence-electron chi connectivity index (χ0n) is 13.7. The summed E-state index contributed by atoms with van der Waals surface area (Å²) in [6.45, 7) is 2.05. The second-order valence-corrected chi connectivity index (χ2v) is 7.74. The number of benzene rings is 2. The Bertz CT molecular complexity index is 804. The highest BCUT2D eigenvalue weighted by Crippen LogP contribution is 2.32. The van der Waals surface area contributed by atoms with E-state index in [2.05, 4.69) is 4.72 Å². The molecule has 2 aromatic rings. The monoisotopic (exact) mass is 366 g/mol. The SMILES string of the molecule is CCc1ccc(S(=O)(=O)NC2CCCc3cc(N)ccc32)cc1.Cl. The lowest BCUT2D eigenvalue weighted by atomic mass is 9.88. The van der Waals surface area contributed by atoms with Gasteiger partial charge in [-0.05, 0) is 66.6 Å². The van der Waals surface area contributed by atoms with Crippen LogP contribution in [0.5, 0.6) is 0 Å². The summed E-state index contributed by atoms with van der Waals surface area (Å²) < 4.78 is 28.1. The van der Waals surface area contributed by atoms with Gasteiger partial charge in [0.15, 0.2) is 0 Å². The molecule has 24 heavy (non-hydrogen) atoms. The first-order chi connectivity index (χ1) is 11.0. The number of hydrogen-bond acceptors (Lipinski definition) is 3. The van der Waals surface area contributed by atoms with E-state index < -0.39 is 10.0 Å². The van der Waals surface area contributed by atoms with E-state index in [1.54, 1.807) is 12.1 Å². The molecular formula is C18H23ClN2O2S. The van der Waals surface area contributed by atoms with Crippen molar-refractivity contribution in [1.29, 1.82) is 0 Å². The number of aryl methyl sites for hydroxylation is 2. The highest BCUT2D eigenvalue weighted by atomic mass is 35.5. The fourth-order valence-corrected chi connectivity index (χ4v) is 4.37. The number of halogens is 1. The molecule has 0 radical (unpaired) electrons. The number of anilines is 1. The third kappa shape index (κ3) is 3.91. The van der Waals surface area contributed by atoms with Gasteiger partial charge in [0.1, 0.15) is 0 Å². The zero-order valence-corrected chi connectivity index (χ0v) is 15.3. The third-order valence-electron chi connectivity index (χ3n) is 4.42. The maximum absolute atomic E-state index is 12.6. The first-order valence-electron chi connectivity index (χ1n) is 7.99. The van der Waals surface area contributed by atoms with Gasteiger partial charge < -0.3 is 5.73 Å². The van der Waals surface area contributed by atoms with E-state index in [0.29, 0.717) is 4.90 Å². The number of hydrogen-bond donors (Lipinski definition) is 2. The second kappa shape index (κ2) is 7.55. The van der Waals surface area contributed by atoms with Gasteiger partial charge in [0.25, 0.3) is 0 Å². The highest BCUT2D eigenvalue weighted by Gasteiger charge is 2.25. The maximum Gasteiger partial charge on any atom is 0.241 e. The summed E-state index contributed by atoms with van der Waals surface area (Å²) >= 11 is 0. The van der Waals surface area contributed by atoms with Crippen molar-refractivity contribution in [1.82, 2.24) is 4.72 Å². The third-order valence-corrected chi connectivity index (χ3v) is 5.91. The van der Waals surface area contributed by atoms with Crippen LogP contribution in [-0.4, -0.2) is 8.42 Å². The van der Waals surface area contributed by atoms with Crippen LogP contribution in [0.2, 0.25) is 0 Å². The number of nitrogens with one attached hydrogen (secondary N) is 1. The van der Waals surface area contributed by atoms with E-state index in [1.807, 2.05) is 37.3 Å². The minimum absolute atomic E-state index is 0. The average Bonchev–Trinajstić information content (AvgIpc) is 2.54. The summed E-state index contributed by atoms with van der Waals surface area (Å²) in [5.74, 6) is 0. The van der Waals surface area contributed by atoms with Crippen molar-refractivity contribution in [2.45, 2.75) is 43.5 Å². The molecule has 3 rings (SSSR count). The lowest BCUT2D eigenvalue weighted by Gasteiger charge is -2.26. The number of nitrogen functional groups attached to an aromatic ring is 1. The van der Waals surface area contributed by atoms with Gasteiger partial charge in [0.2, 0.25) is 10.0 Å². The molecular weight excluding hydrogens is 344 g/mol. The molecule has 0 bridgehead atoms. The van der Waals surface area contributed by atoms with E-state index in [9.17, 15) is 8.42 Å². The average molecular weight is 367 g/mol. The molecule has 0 fully saturated rings. The molecule has 130 valence electrons. The minimum Gasteiger partial charge on any atom is -0.399 e. The van der Waals surface area contributed by atoms with Crippen LogP contribution in [-0.2, 0) is 22.9 Å². The van der Waals surface area contributed by atoms with Gasteiger partial charge in [-0.3, -0.25) is 0 Å². The smallest absolute Gasteiger partial charge is 0.241 e. The molecule has 1 aliphatic carbocycles. The molecule has 0 heterocycles. The van der Waals surface area contributed by atoms with Crippen LogP contribution in [0.1, 0.15) is 42.5 Å². The summed E-state index contributed by atoms with van der Waals surface area (Å²) in [5, 5.41) is 0. The van der Waals surface area contributed by atoms with Crippen molar-refractivity contribution in [3.05, 3.63) is 59.2 Å². The van der Waals surface area contributed by atoms with Gasteiger partial charge in [-0.2, -0.15) is 0 Å². The Morgan fingerprint density at radius 1 is 1.17 bits per heavy atom. The van der Waals surface area contributed by atoms with Crippen molar-refractivity contribution in [3.63, 3.8) is 0 Å². The lowest BCUT2D eigenvalue weighted by molar-refractivity contribution is 0.507. The first-order valence-corrected chi connectivity index (χ1v) is 9.47. The van der Waals surface area contributed by atoms with E-state index in [4.69, 9.17) is 5.73 Å². The van der Waals surface area contributed by atoms with Crippen LogP contribution >= 0.6 is 12.4 Å². The van der Waals surface area contributed by atoms with Crippen molar-refractivity contribution in [2.24, 2.45) is 0 Å². The van der Waals surface area contributed by atoms with Gasteiger partial charge in [0.05, 0.1) is 4.90 Å². The van der Waals surface area contributed by atoms with E-state index >= 15 is 0 Å². The van der Waals surface area contributed by atoms with E-state index in [-0.39, 0.29) is 18.4 Å². The van der Waals surface area contributed by atoms with Gasteiger partial charge in [0, 0.05) is 11.7 Å². The Morgan fingerprint density at radius 2 is 1.88 bits per heavy atom. The van der Waals surface area contributed by atoms with Crippen LogP contribution in [0.3, 0.4) is 0 Å². The van der Waals surface area contributed by atoms with E-state index in [1.165, 1.54) is 0 Å². The molecule has 6 heteroatoms. The number of nitrogens with two attached hydrogens (primary N) is 1. The first kappa shape index (κ1) is 18.8. The number of rotatable bonds is 4. The molecule has 0 saturated heterocycles. The molecule has 0 amide bonds. The summed E-state index contributed by atoms with van der Waals surface area (Å²) in [6.07, 6.45) is 3.61. The summed E-state index contributed by atoms with van der Waals surface area (Å²) in [4.78, 5) is 0.317. The van der Waals surface area contributed by atoms with Crippen LogP contribution in [0.25, 0.3) is 0 Å². The van der Waals surface area contributed by atoms with E-state index in [0.717, 1.165) is 48.1 Å². The Hall–Kier alpha value is -1.56. The predicted molar refractivity (Wildman–Crippen MR) is 99.9 cm³/mol. The molecule has 0 aliphatic heterocycles. The maximum atomic E-state index is 12.6. The largest absolute Gasteiger partial charge is 0.399 e. The van der Waals surface area contributed by atoms with Crippen molar-refractivity contribution >= 4 is 28.1 Å². The molecule has 3 N–H and O–H groups in total. The molecule has 0 spiro atoms. The molecule has 1 atom stereocenters. The molecule has 4 nitrogen and oxygen atoms in total. The Labute approximate surface area is 149 Å². The Balaban J connectivity index is 0.00000208. The molecule has 1 unspecified atom stereocenters. The van der Waals surface area contributed by atoms with Gasteiger partial charge in [-0.1, -0.05) is 25.1 Å². The number of fused-ring (bicyclic) bond motifs is 1. The summed E-state index contributed by atoms with van der Waals surface area (Å²) in [7, 11) is -3.52. The normalized spacial score (nSPS) is 17.0. The molecule has 2 aromatic carbocycles. The zero-order chi connectivity index (χ0) is 16.4. The van der Waals surface area contributed by atoms with Crippen LogP contribution in [0, 0.1) is 0 Å². The van der Waals surface area contributed by atoms with Crippen molar-refractivity contribution in [3.8, 4) is 0 Å². The number of sulfonamides is 1. The van der Waals surface area contributed by atoms with Crippen LogP contribution in [0.15, 0.2) is 47.4 Å². The van der Waals surface area contributed by atoms with Gasteiger partial charge >= 0.3 is 0 Å². The van der Waals surface area contributed by atoms with Crippen molar-refractivity contribution in [2.75, 3.05) is 5.73 Å². The van der Waals surface area contributed by atoms with Crippen molar-refractivity contribution < 1.29 is 8.42 Å². The Morgan fingerprint density at radius 3 is 2.54 bits per heavy atom. The minimum atomic E-state index is -3.52. The van der Waals surface area contributed by atoms with Gasteiger partial charge in [-0.15, -0.1) is 12.4 Å². The summed E-state index contributed by atoms with van der Waals surface area (Å²) in [5.41, 5.74) is 9.87. The molecule has 1 aliphatic rings. The molecule has 0 saturated carbocycles. The van der Waals surface area contributed by atoms with Gasteiger partial charge in [-0.25, -0.2) is 13.1 Å². The molecule has 0 aromatic heterocycles. The van der Waals surface area contributed by atoms with Crippen LogP contribution < -0.4 is 10.5 Å². The summed E-state index contributed by atoms with van der Waals surface area (Å²) in [6, 6.07) is 12.6. The predicted octanol–water partition coefficient (Wildman–Crippen LogP) is 3.61. The standard InChI is InChI=1S/C18H22N2O2S.ClH/c1-2-13-6-9-16(10-7-13)23(21,22)20-18-5-3-4-14-12-15(19)8-11-17(14)18;/h6-12,18,20H,2-5,19H2,1H3;1H. The Kier molecular flexibility index (Phi) is 5.91. The van der Waals surface area contributed by atoms with Crippen LogP contribution in [0.4, 0.5) is 5.69 Å². The fourth-order valence-electron chi connectivity index (χ4n) is 3.12. The highest BCUT2D eigenvalue weighted by molar-refractivity contribution is 7.89. The second-order valence-electron chi connectivity index (χ2n) is 6.02. The lowest BCUT2D eigenvalue weighted by Crippen LogP contribution is -2.31.